The van der Waals surface area contributed by atoms with Crippen molar-refractivity contribution in [3.8, 4) is 5.75 Å². The molecule has 0 saturated heterocycles. The van der Waals surface area contributed by atoms with Crippen molar-refractivity contribution < 1.29 is 32.3 Å². The quantitative estimate of drug-likeness (QED) is 0.659. The molecule has 2 heterocycles. The van der Waals surface area contributed by atoms with Crippen LogP contribution in [0.15, 0.2) is 41.3 Å². The molecule has 0 fully saturated rings. The molecule has 0 radical (unpaired) electrons. The molecule has 0 aromatic heterocycles. The van der Waals surface area contributed by atoms with Gasteiger partial charge in [0.1, 0.15) is 5.75 Å². The standard InChI is InChI=1S/C20H16F3N3O4S/c1-9-18(28)25-12-7-11(3-4-14(12)30-9)24-17(27)8-16-19(29)26-13-6-10(20(21,22)23)2-5-15(13)31-16/h2-7,9,16H,8H2,1H3,(H,24,27)(H,25,28)(H,26,29). The Balaban J connectivity index is 1.42. The Labute approximate surface area is 178 Å². The molecule has 2 aliphatic heterocycles. The van der Waals surface area contributed by atoms with E-state index in [1.807, 2.05) is 0 Å². The summed E-state index contributed by atoms with van der Waals surface area (Å²) in [6, 6.07) is 7.84. The number of nitrogens with one attached hydrogen (secondary N) is 3. The minimum absolute atomic E-state index is 0.0705. The number of carbonyl (C=O) groups excluding carboxylic acids is 3. The Morgan fingerprint density at radius 1 is 1.10 bits per heavy atom. The Morgan fingerprint density at radius 2 is 1.84 bits per heavy atom. The summed E-state index contributed by atoms with van der Waals surface area (Å²) in [4.78, 5) is 36.9. The predicted octanol–water partition coefficient (Wildman–Crippen LogP) is 3.87. The molecule has 2 atom stereocenters. The number of amides is 3. The zero-order valence-corrected chi connectivity index (χ0v) is 16.8. The SMILES string of the molecule is CC1Oc2ccc(NC(=O)CC3Sc4ccc(C(F)(F)F)cc4NC3=O)cc2NC1=O. The first-order valence-corrected chi connectivity index (χ1v) is 10.1. The van der Waals surface area contributed by atoms with Crippen molar-refractivity contribution in [3.05, 3.63) is 42.0 Å². The average molecular weight is 451 g/mol. The minimum Gasteiger partial charge on any atom is -0.479 e. The number of carbonyl (C=O) groups is 3. The number of hydrogen-bond donors (Lipinski definition) is 3. The molecule has 0 saturated carbocycles. The lowest BCUT2D eigenvalue weighted by atomic mass is 10.1. The van der Waals surface area contributed by atoms with Crippen molar-refractivity contribution in [3.63, 3.8) is 0 Å². The first kappa shape index (κ1) is 21.0. The molecule has 31 heavy (non-hydrogen) atoms. The van der Waals surface area contributed by atoms with E-state index in [9.17, 15) is 27.6 Å². The van der Waals surface area contributed by atoms with Crippen LogP contribution in [-0.4, -0.2) is 29.1 Å². The second-order valence-electron chi connectivity index (χ2n) is 7.02. The highest BCUT2D eigenvalue weighted by molar-refractivity contribution is 8.01. The summed E-state index contributed by atoms with van der Waals surface area (Å²) >= 11 is 1.03. The second-order valence-corrected chi connectivity index (χ2v) is 8.26. The van der Waals surface area contributed by atoms with Crippen LogP contribution in [0.1, 0.15) is 18.9 Å². The molecule has 2 aliphatic rings. The number of alkyl halides is 3. The van der Waals surface area contributed by atoms with E-state index in [0.717, 1.165) is 23.9 Å². The molecular weight excluding hydrogens is 435 g/mol. The fourth-order valence-electron chi connectivity index (χ4n) is 3.13. The van der Waals surface area contributed by atoms with Gasteiger partial charge in [-0.3, -0.25) is 14.4 Å². The van der Waals surface area contributed by atoms with Crippen LogP contribution in [0.4, 0.5) is 30.2 Å². The number of fused-ring (bicyclic) bond motifs is 2. The summed E-state index contributed by atoms with van der Waals surface area (Å²) in [7, 11) is 0. The molecule has 2 aromatic rings. The summed E-state index contributed by atoms with van der Waals surface area (Å²) in [5, 5.41) is 6.96. The summed E-state index contributed by atoms with van der Waals surface area (Å²) in [6.45, 7) is 1.61. The van der Waals surface area contributed by atoms with Crippen molar-refractivity contribution in [1.29, 1.82) is 0 Å². The first-order valence-electron chi connectivity index (χ1n) is 9.20. The molecule has 3 N–H and O–H groups in total. The van der Waals surface area contributed by atoms with Gasteiger partial charge in [0.25, 0.3) is 5.91 Å². The topological polar surface area (TPSA) is 96.5 Å². The van der Waals surface area contributed by atoms with Gasteiger partial charge in [-0.05, 0) is 43.3 Å². The van der Waals surface area contributed by atoms with Gasteiger partial charge in [-0.1, -0.05) is 0 Å². The number of anilines is 3. The highest BCUT2D eigenvalue weighted by atomic mass is 32.2. The van der Waals surface area contributed by atoms with Gasteiger partial charge in [0.15, 0.2) is 6.10 Å². The monoisotopic (exact) mass is 451 g/mol. The average Bonchev–Trinajstić information content (AvgIpc) is 2.68. The van der Waals surface area contributed by atoms with Crippen LogP contribution >= 0.6 is 11.8 Å². The van der Waals surface area contributed by atoms with Crippen molar-refractivity contribution in [2.24, 2.45) is 0 Å². The third-order valence-corrected chi connectivity index (χ3v) is 5.97. The predicted molar refractivity (Wildman–Crippen MR) is 108 cm³/mol. The van der Waals surface area contributed by atoms with Crippen LogP contribution < -0.4 is 20.7 Å². The molecule has 3 amide bonds. The molecule has 2 aromatic carbocycles. The lowest BCUT2D eigenvalue weighted by molar-refractivity contribution is -0.137. The van der Waals surface area contributed by atoms with E-state index in [2.05, 4.69) is 16.0 Å². The number of benzene rings is 2. The minimum atomic E-state index is -4.52. The molecule has 162 valence electrons. The van der Waals surface area contributed by atoms with E-state index in [1.54, 1.807) is 25.1 Å². The summed E-state index contributed by atoms with van der Waals surface area (Å²) in [6.07, 6.45) is -5.32. The van der Waals surface area contributed by atoms with Gasteiger partial charge in [0.05, 0.1) is 22.2 Å². The normalized spacial score (nSPS) is 20.0. The van der Waals surface area contributed by atoms with Crippen molar-refractivity contribution >= 4 is 46.5 Å². The van der Waals surface area contributed by atoms with Crippen LogP contribution in [-0.2, 0) is 20.6 Å². The smallest absolute Gasteiger partial charge is 0.416 e. The molecule has 0 spiro atoms. The highest BCUT2D eigenvalue weighted by Crippen LogP contribution is 2.40. The zero-order chi connectivity index (χ0) is 22.3. The van der Waals surface area contributed by atoms with Crippen LogP contribution in [0, 0.1) is 0 Å². The number of thioether (sulfide) groups is 1. The molecule has 4 rings (SSSR count). The maximum Gasteiger partial charge on any atom is 0.416 e. The van der Waals surface area contributed by atoms with E-state index in [0.29, 0.717) is 22.0 Å². The number of hydrogen-bond acceptors (Lipinski definition) is 5. The fraction of sp³-hybridized carbons (Fsp3) is 0.250. The third-order valence-electron chi connectivity index (χ3n) is 4.69. The number of halogens is 3. The first-order chi connectivity index (χ1) is 14.6. The Hall–Kier alpha value is -3.21. The highest BCUT2D eigenvalue weighted by Gasteiger charge is 2.34. The molecule has 11 heteroatoms. The Kier molecular flexibility index (Phi) is 5.29. The van der Waals surface area contributed by atoms with Crippen molar-refractivity contribution in [2.45, 2.75) is 35.8 Å². The largest absolute Gasteiger partial charge is 0.479 e. The van der Waals surface area contributed by atoms with Gasteiger partial charge >= 0.3 is 6.18 Å². The van der Waals surface area contributed by atoms with Crippen molar-refractivity contribution in [1.82, 2.24) is 0 Å². The van der Waals surface area contributed by atoms with Gasteiger partial charge in [-0.25, -0.2) is 0 Å². The molecule has 0 bridgehead atoms. The zero-order valence-electron chi connectivity index (χ0n) is 16.0. The number of rotatable bonds is 3. The fourth-order valence-corrected chi connectivity index (χ4v) is 4.22. The second kappa shape index (κ2) is 7.80. The third kappa shape index (κ3) is 4.46. The molecule has 2 unspecified atom stereocenters. The Bertz CT molecular complexity index is 1090. The maximum absolute atomic E-state index is 12.9. The van der Waals surface area contributed by atoms with E-state index in [4.69, 9.17) is 4.74 Å². The van der Waals surface area contributed by atoms with Gasteiger partial charge in [0, 0.05) is 17.0 Å². The van der Waals surface area contributed by atoms with Gasteiger partial charge < -0.3 is 20.7 Å². The van der Waals surface area contributed by atoms with Crippen LogP contribution in [0.2, 0.25) is 0 Å². The van der Waals surface area contributed by atoms with E-state index in [1.165, 1.54) is 6.07 Å². The molecule has 0 aliphatic carbocycles. The van der Waals surface area contributed by atoms with E-state index >= 15 is 0 Å². The Morgan fingerprint density at radius 3 is 2.58 bits per heavy atom. The van der Waals surface area contributed by atoms with Crippen LogP contribution in [0.3, 0.4) is 0 Å². The van der Waals surface area contributed by atoms with Crippen LogP contribution in [0.25, 0.3) is 0 Å². The van der Waals surface area contributed by atoms with Crippen molar-refractivity contribution in [2.75, 3.05) is 16.0 Å². The number of ether oxygens (including phenoxy) is 1. The van der Waals surface area contributed by atoms with Gasteiger partial charge in [-0.2, -0.15) is 13.2 Å². The van der Waals surface area contributed by atoms with Gasteiger partial charge in [0.2, 0.25) is 11.8 Å². The lowest BCUT2D eigenvalue weighted by Crippen LogP contribution is -2.34. The summed E-state index contributed by atoms with van der Waals surface area (Å²) in [5.41, 5.74) is 0.0288. The van der Waals surface area contributed by atoms with E-state index in [-0.39, 0.29) is 18.0 Å². The molecule has 7 nitrogen and oxygen atoms in total. The van der Waals surface area contributed by atoms with E-state index < -0.39 is 34.9 Å². The van der Waals surface area contributed by atoms with Crippen LogP contribution in [0.5, 0.6) is 5.75 Å². The van der Waals surface area contributed by atoms with Gasteiger partial charge in [-0.15, -0.1) is 11.8 Å². The maximum atomic E-state index is 12.9. The molecular formula is C20H16F3N3O4S. The summed E-state index contributed by atoms with van der Waals surface area (Å²) < 4.78 is 44.0. The summed E-state index contributed by atoms with van der Waals surface area (Å²) in [5.74, 6) is -0.841. The lowest BCUT2D eigenvalue weighted by Gasteiger charge is -2.25.